The molecule has 0 amide bonds. The summed E-state index contributed by atoms with van der Waals surface area (Å²) in [5.41, 5.74) is 0.840. The van der Waals surface area contributed by atoms with Gasteiger partial charge >= 0.3 is 23.9 Å². The van der Waals surface area contributed by atoms with Crippen LogP contribution >= 0.6 is 0 Å². The van der Waals surface area contributed by atoms with Crippen LogP contribution in [0.5, 0.6) is 0 Å². The summed E-state index contributed by atoms with van der Waals surface area (Å²) in [7, 11) is 0. The van der Waals surface area contributed by atoms with Gasteiger partial charge in [0.25, 0.3) is 0 Å². The minimum atomic E-state index is -6.65. The minimum absolute atomic E-state index is 0.183. The fourth-order valence-corrected chi connectivity index (χ4v) is 4.77. The monoisotopic (exact) mass is 522 g/mol. The molecule has 2 aliphatic carbocycles. The highest BCUT2D eigenvalue weighted by Crippen LogP contribution is 2.53. The largest absolute Gasteiger partial charge is 0.426 e. The van der Waals surface area contributed by atoms with Crippen molar-refractivity contribution in [3.63, 3.8) is 0 Å². The molecule has 0 N–H and O–H groups in total. The topological polar surface area (TPSA) is 9.23 Å². The van der Waals surface area contributed by atoms with E-state index in [1.165, 1.54) is 57.1 Å². The average Bonchev–Trinajstić information content (AvgIpc) is 2.81. The summed E-state index contributed by atoms with van der Waals surface area (Å²) < 4.78 is 124. The number of rotatable bonds is 14. The molecular weight excluding hydrogens is 487 g/mol. The van der Waals surface area contributed by atoms with Crippen molar-refractivity contribution in [2.24, 2.45) is 11.8 Å². The molecule has 1 unspecified atom stereocenters. The summed E-state index contributed by atoms with van der Waals surface area (Å²) in [6.45, 7) is -1.04. The molecule has 2 rings (SSSR count). The van der Waals surface area contributed by atoms with Gasteiger partial charge in [0.1, 0.15) is 0 Å². The maximum absolute atomic E-state index is 13.9. The lowest BCUT2D eigenvalue weighted by Gasteiger charge is -2.36. The Labute approximate surface area is 201 Å². The maximum atomic E-state index is 13.9. The van der Waals surface area contributed by atoms with Crippen LogP contribution in [0.3, 0.4) is 0 Å². The molecule has 0 aromatic rings. The molecule has 35 heavy (non-hydrogen) atoms. The molecule has 1 fully saturated rings. The van der Waals surface area contributed by atoms with E-state index in [4.69, 9.17) is 0 Å². The quantitative estimate of drug-likeness (QED) is 0.163. The van der Waals surface area contributed by atoms with Gasteiger partial charge in [0.15, 0.2) is 6.67 Å². The van der Waals surface area contributed by atoms with E-state index in [2.05, 4.69) is 11.7 Å². The van der Waals surface area contributed by atoms with Crippen LogP contribution in [0, 0.1) is 11.8 Å². The lowest BCUT2D eigenvalue weighted by atomic mass is 9.76. The van der Waals surface area contributed by atoms with Gasteiger partial charge in [-0.05, 0) is 49.5 Å². The summed E-state index contributed by atoms with van der Waals surface area (Å²) in [6.07, 6.45) is 8.58. The molecule has 0 heterocycles. The third-order valence-electron chi connectivity index (χ3n) is 7.06. The Morgan fingerprint density at radius 1 is 0.829 bits per heavy atom. The lowest BCUT2D eigenvalue weighted by Crippen LogP contribution is -2.64. The van der Waals surface area contributed by atoms with Crippen molar-refractivity contribution in [3.05, 3.63) is 23.8 Å². The molecule has 0 saturated heterocycles. The van der Waals surface area contributed by atoms with Crippen LogP contribution < -0.4 is 0 Å². The number of unbranched alkanes of at least 4 members (excludes halogenated alkanes) is 5. The summed E-state index contributed by atoms with van der Waals surface area (Å²) in [6, 6.07) is 0. The second-order valence-electron chi connectivity index (χ2n) is 9.73. The first-order valence-electron chi connectivity index (χ1n) is 12.4. The Kier molecular flexibility index (Phi) is 10.6. The summed E-state index contributed by atoms with van der Waals surface area (Å²) >= 11 is 0. The van der Waals surface area contributed by atoms with E-state index in [-0.39, 0.29) is 12.3 Å². The number of halogens is 9. The van der Waals surface area contributed by atoms with Crippen LogP contribution in [0.15, 0.2) is 23.8 Å². The number of ether oxygens (including phenoxy) is 1. The summed E-state index contributed by atoms with van der Waals surface area (Å²) in [5, 5.41) is 0. The van der Waals surface area contributed by atoms with Gasteiger partial charge in [-0.2, -0.15) is 35.1 Å². The first-order chi connectivity index (χ1) is 16.3. The zero-order chi connectivity index (χ0) is 26.3. The highest BCUT2D eigenvalue weighted by atomic mass is 19.4. The van der Waals surface area contributed by atoms with Crippen LogP contribution in [-0.4, -0.2) is 36.7 Å². The second kappa shape index (κ2) is 12.4. The molecule has 1 atom stereocenters. The smallest absolute Gasteiger partial charge is 0.308 e. The highest BCUT2D eigenvalue weighted by Gasteiger charge is 2.81. The van der Waals surface area contributed by atoms with Crippen LogP contribution in [0.1, 0.15) is 84.0 Å². The fourth-order valence-electron chi connectivity index (χ4n) is 4.77. The summed E-state index contributed by atoms with van der Waals surface area (Å²) in [4.78, 5) is 0. The maximum Gasteiger partial charge on any atom is 0.426 e. The average molecular weight is 523 g/mol. The predicted octanol–water partition coefficient (Wildman–Crippen LogP) is 9.28. The minimum Gasteiger partial charge on any atom is -0.308 e. The number of hydrogen-bond acceptors (Lipinski definition) is 1. The van der Waals surface area contributed by atoms with Crippen molar-refractivity contribution in [1.29, 1.82) is 0 Å². The fraction of sp³-hybridized carbons (Fsp3) is 0.840. The van der Waals surface area contributed by atoms with Gasteiger partial charge < -0.3 is 4.74 Å². The lowest BCUT2D eigenvalue weighted by molar-refractivity contribution is -0.432. The van der Waals surface area contributed by atoms with Crippen molar-refractivity contribution in [2.45, 2.75) is 114 Å². The molecule has 0 aromatic heterocycles. The van der Waals surface area contributed by atoms with E-state index in [9.17, 15) is 39.5 Å². The van der Waals surface area contributed by atoms with E-state index in [1.807, 2.05) is 0 Å². The zero-order valence-corrected chi connectivity index (χ0v) is 20.0. The van der Waals surface area contributed by atoms with Crippen molar-refractivity contribution in [1.82, 2.24) is 0 Å². The molecule has 0 aliphatic heterocycles. The Morgan fingerprint density at radius 2 is 1.43 bits per heavy atom. The van der Waals surface area contributed by atoms with Crippen LogP contribution in [0.4, 0.5) is 39.5 Å². The van der Waals surface area contributed by atoms with Crippen molar-refractivity contribution in [3.8, 4) is 0 Å². The SMILES string of the molecule is CCCCCCCCC1CCC(C2=CCC(OC(F)(F)C(F)(F)C(F)(F)C(F)(F)CF)C=C2)CC1. The van der Waals surface area contributed by atoms with Crippen molar-refractivity contribution in [2.75, 3.05) is 6.67 Å². The van der Waals surface area contributed by atoms with Gasteiger partial charge in [0.05, 0.1) is 6.10 Å². The highest BCUT2D eigenvalue weighted by molar-refractivity contribution is 5.27. The Bertz CT molecular complexity index is 710. The predicted molar refractivity (Wildman–Crippen MR) is 116 cm³/mol. The first-order valence-corrected chi connectivity index (χ1v) is 12.4. The van der Waals surface area contributed by atoms with Gasteiger partial charge in [-0.25, -0.2) is 4.39 Å². The molecule has 1 saturated carbocycles. The molecule has 2 aliphatic rings. The van der Waals surface area contributed by atoms with Gasteiger partial charge in [0, 0.05) is 0 Å². The Hall–Kier alpha value is -1.19. The van der Waals surface area contributed by atoms with Crippen LogP contribution in [0.25, 0.3) is 0 Å². The zero-order valence-electron chi connectivity index (χ0n) is 20.0. The van der Waals surface area contributed by atoms with Gasteiger partial charge in [0.2, 0.25) is 0 Å². The first kappa shape index (κ1) is 30.0. The van der Waals surface area contributed by atoms with E-state index in [0.717, 1.165) is 37.3 Å². The third-order valence-corrected chi connectivity index (χ3v) is 7.06. The van der Waals surface area contributed by atoms with E-state index >= 15 is 0 Å². The molecule has 0 spiro atoms. The molecule has 0 aromatic carbocycles. The molecule has 0 bridgehead atoms. The van der Waals surface area contributed by atoms with E-state index < -0.39 is 36.7 Å². The number of alkyl halides is 9. The Morgan fingerprint density at radius 3 is 1.97 bits per heavy atom. The second-order valence-corrected chi connectivity index (χ2v) is 9.73. The summed E-state index contributed by atoms with van der Waals surface area (Å²) in [5.74, 6) is -18.4. The van der Waals surface area contributed by atoms with Crippen LogP contribution in [0.2, 0.25) is 0 Å². The molecule has 0 radical (unpaired) electrons. The Balaban J connectivity index is 1.83. The molecule has 204 valence electrons. The van der Waals surface area contributed by atoms with Crippen molar-refractivity contribution < 1.29 is 44.3 Å². The normalized spacial score (nSPS) is 24.5. The van der Waals surface area contributed by atoms with Gasteiger partial charge in [-0.1, -0.05) is 70.1 Å². The van der Waals surface area contributed by atoms with E-state index in [0.29, 0.717) is 5.92 Å². The van der Waals surface area contributed by atoms with Crippen molar-refractivity contribution >= 4 is 0 Å². The van der Waals surface area contributed by atoms with Gasteiger partial charge in [-0.3, -0.25) is 0 Å². The molecule has 10 heteroatoms. The van der Waals surface area contributed by atoms with Crippen LogP contribution in [-0.2, 0) is 4.74 Å². The standard InChI is InChI=1S/C25H35F9O/c1-2-3-4-5-6-7-8-18-9-11-19(12-10-18)20-13-15-21(16-14-20)35-25(33,34)24(31,32)23(29,30)22(27,28)17-26/h13-15,18-19,21H,2-12,16-17H2,1H3. The number of hydrogen-bond donors (Lipinski definition) is 0. The molecular formula is C25H35F9O. The van der Waals surface area contributed by atoms with E-state index in [1.54, 1.807) is 0 Å². The number of allylic oxidation sites excluding steroid dienone is 2. The van der Waals surface area contributed by atoms with Gasteiger partial charge in [-0.15, -0.1) is 0 Å². The third kappa shape index (κ3) is 7.19. The molecule has 1 nitrogen and oxygen atoms in total.